The van der Waals surface area contributed by atoms with Gasteiger partial charge < -0.3 is 5.73 Å². The van der Waals surface area contributed by atoms with Crippen LogP contribution < -0.4 is 11.2 Å². The Bertz CT molecular complexity index is 126. The second-order valence-corrected chi connectivity index (χ2v) is 1.09. The van der Waals surface area contributed by atoms with Crippen molar-refractivity contribution in [3.05, 3.63) is 0 Å². The average molecular weight is 131 g/mol. The zero-order valence-electron chi connectivity index (χ0n) is 4.40. The van der Waals surface area contributed by atoms with Crippen LogP contribution in [0.4, 0.5) is 4.79 Å². The summed E-state index contributed by atoms with van der Waals surface area (Å²) in [6.45, 7) is 0. The molecule has 0 aromatic carbocycles. The van der Waals surface area contributed by atoms with Gasteiger partial charge in [0.15, 0.2) is 0 Å². The molecule has 50 valence electrons. The Morgan fingerprint density at radius 2 is 1.89 bits per heavy atom. The van der Waals surface area contributed by atoms with Crippen molar-refractivity contribution < 1.29 is 14.4 Å². The SMILES string of the molecule is NC(=O)NN(C=O)C=O. The van der Waals surface area contributed by atoms with Crippen LogP contribution in [0.3, 0.4) is 0 Å². The van der Waals surface area contributed by atoms with E-state index in [0.29, 0.717) is 5.01 Å². The van der Waals surface area contributed by atoms with E-state index in [2.05, 4.69) is 5.73 Å². The third kappa shape index (κ3) is 3.03. The number of nitrogens with two attached hydrogens (primary N) is 1. The molecule has 0 spiro atoms. The topological polar surface area (TPSA) is 92.5 Å². The summed E-state index contributed by atoms with van der Waals surface area (Å²) in [4.78, 5) is 29.3. The molecular formula is C3H5N3O3. The number of primary amides is 1. The lowest BCUT2D eigenvalue weighted by Crippen LogP contribution is -2.43. The number of hydrazine groups is 1. The van der Waals surface area contributed by atoms with Gasteiger partial charge in [0.2, 0.25) is 12.8 Å². The predicted molar refractivity (Wildman–Crippen MR) is 26.7 cm³/mol. The number of imide groups is 1. The summed E-state index contributed by atoms with van der Waals surface area (Å²) < 4.78 is 0. The van der Waals surface area contributed by atoms with Crippen LogP contribution >= 0.6 is 0 Å². The van der Waals surface area contributed by atoms with Crippen LogP contribution in [0.15, 0.2) is 0 Å². The van der Waals surface area contributed by atoms with Gasteiger partial charge in [-0.15, -0.1) is 0 Å². The van der Waals surface area contributed by atoms with Crippen molar-refractivity contribution in [3.8, 4) is 0 Å². The Balaban J connectivity index is 3.68. The first-order chi connectivity index (χ1) is 4.20. The minimum absolute atomic E-state index is 0.123. The molecule has 0 bridgehead atoms. The Kier molecular flexibility index (Phi) is 2.81. The van der Waals surface area contributed by atoms with Gasteiger partial charge in [-0.2, -0.15) is 5.01 Å². The molecule has 0 aromatic rings. The standard InChI is InChI=1S/C3H5N3O3/c4-3(9)5-6(1-7)2-8/h1-2H,(H3,4,5,9). The fourth-order valence-electron chi connectivity index (χ4n) is 0.205. The number of hydrogen-bond donors (Lipinski definition) is 2. The molecule has 6 heteroatoms. The monoisotopic (exact) mass is 131 g/mol. The van der Waals surface area contributed by atoms with Crippen LogP contribution in [0.5, 0.6) is 0 Å². The highest BCUT2D eigenvalue weighted by atomic mass is 16.2. The Hall–Kier alpha value is -1.59. The van der Waals surface area contributed by atoms with E-state index < -0.39 is 6.03 Å². The molecule has 0 aromatic heterocycles. The van der Waals surface area contributed by atoms with E-state index >= 15 is 0 Å². The molecule has 0 aliphatic carbocycles. The van der Waals surface area contributed by atoms with Crippen molar-refractivity contribution in [2.75, 3.05) is 0 Å². The van der Waals surface area contributed by atoms with Gasteiger partial charge in [-0.25, -0.2) is 10.2 Å². The summed E-state index contributed by atoms with van der Waals surface area (Å²) >= 11 is 0. The molecule has 0 fully saturated rings. The second-order valence-electron chi connectivity index (χ2n) is 1.09. The van der Waals surface area contributed by atoms with Crippen molar-refractivity contribution in [2.45, 2.75) is 0 Å². The molecule has 3 N–H and O–H groups in total. The summed E-state index contributed by atoms with van der Waals surface area (Å²) in [5.74, 6) is 0. The smallest absolute Gasteiger partial charge is 0.331 e. The number of carbonyl (C=O) groups is 3. The summed E-state index contributed by atoms with van der Waals surface area (Å²) in [6.07, 6.45) is 0.246. The number of carbonyl (C=O) groups excluding carboxylic acids is 3. The fraction of sp³-hybridized carbons (Fsp3) is 0. The van der Waals surface area contributed by atoms with E-state index in [9.17, 15) is 14.4 Å². The maximum absolute atomic E-state index is 9.88. The lowest BCUT2D eigenvalue weighted by atomic mass is 11.0. The molecule has 0 atom stereocenters. The van der Waals surface area contributed by atoms with Crippen LogP contribution in [0, 0.1) is 0 Å². The first-order valence-corrected chi connectivity index (χ1v) is 1.95. The molecule has 0 aliphatic rings. The summed E-state index contributed by atoms with van der Waals surface area (Å²) in [6, 6.07) is -0.964. The number of rotatable bonds is 3. The van der Waals surface area contributed by atoms with Crippen molar-refractivity contribution in [1.29, 1.82) is 0 Å². The predicted octanol–water partition coefficient (Wildman–Crippen LogP) is -1.82. The molecule has 0 aliphatic heterocycles. The Morgan fingerprint density at radius 3 is 2.00 bits per heavy atom. The molecule has 0 saturated heterocycles. The van der Waals surface area contributed by atoms with E-state index in [4.69, 9.17) is 0 Å². The zero-order chi connectivity index (χ0) is 7.28. The number of nitrogens with one attached hydrogen (secondary N) is 1. The molecule has 0 heterocycles. The number of hydrogen-bond acceptors (Lipinski definition) is 3. The lowest BCUT2D eigenvalue weighted by molar-refractivity contribution is -0.131. The van der Waals surface area contributed by atoms with Crippen molar-refractivity contribution in [2.24, 2.45) is 5.73 Å². The third-order valence-corrected chi connectivity index (χ3v) is 0.466. The second kappa shape index (κ2) is 3.42. The van der Waals surface area contributed by atoms with E-state index in [1.54, 1.807) is 5.43 Å². The highest BCUT2D eigenvalue weighted by molar-refractivity contribution is 5.78. The molecule has 0 radical (unpaired) electrons. The minimum Gasteiger partial charge on any atom is -0.350 e. The van der Waals surface area contributed by atoms with E-state index in [0.717, 1.165) is 0 Å². The van der Waals surface area contributed by atoms with Crippen LogP contribution in [0.2, 0.25) is 0 Å². The van der Waals surface area contributed by atoms with E-state index in [1.807, 2.05) is 0 Å². The van der Waals surface area contributed by atoms with Crippen LogP contribution in [0.1, 0.15) is 0 Å². The van der Waals surface area contributed by atoms with Gasteiger partial charge in [0.1, 0.15) is 0 Å². The van der Waals surface area contributed by atoms with Crippen molar-refractivity contribution in [3.63, 3.8) is 0 Å². The van der Waals surface area contributed by atoms with Gasteiger partial charge in [-0.3, -0.25) is 9.59 Å². The number of nitrogens with zero attached hydrogens (tertiary/aromatic N) is 1. The Labute approximate surface area is 50.6 Å². The van der Waals surface area contributed by atoms with Crippen LogP contribution in [-0.2, 0) is 9.59 Å². The van der Waals surface area contributed by atoms with Gasteiger partial charge in [0.25, 0.3) is 0 Å². The highest BCUT2D eigenvalue weighted by Gasteiger charge is 1.97. The lowest BCUT2D eigenvalue weighted by Gasteiger charge is -2.05. The average Bonchev–Trinajstić information content (AvgIpc) is 1.82. The molecule has 6 nitrogen and oxygen atoms in total. The normalized spacial score (nSPS) is 7.56. The van der Waals surface area contributed by atoms with Crippen molar-refractivity contribution in [1.82, 2.24) is 10.4 Å². The summed E-state index contributed by atoms with van der Waals surface area (Å²) in [7, 11) is 0. The van der Waals surface area contributed by atoms with Crippen molar-refractivity contribution >= 4 is 18.9 Å². The minimum atomic E-state index is -0.964. The molecule has 0 rings (SSSR count). The quantitative estimate of drug-likeness (QED) is 0.349. The van der Waals surface area contributed by atoms with Crippen LogP contribution in [0.25, 0.3) is 0 Å². The fourth-order valence-corrected chi connectivity index (χ4v) is 0.205. The van der Waals surface area contributed by atoms with Crippen LogP contribution in [-0.4, -0.2) is 23.9 Å². The summed E-state index contributed by atoms with van der Waals surface area (Å²) in [5.41, 5.74) is 6.25. The molecular weight excluding hydrogens is 126 g/mol. The zero-order valence-corrected chi connectivity index (χ0v) is 4.40. The third-order valence-electron chi connectivity index (χ3n) is 0.466. The van der Waals surface area contributed by atoms with Gasteiger partial charge in [-0.1, -0.05) is 0 Å². The maximum Gasteiger partial charge on any atom is 0.331 e. The van der Waals surface area contributed by atoms with Gasteiger partial charge in [-0.05, 0) is 0 Å². The van der Waals surface area contributed by atoms with Gasteiger partial charge >= 0.3 is 6.03 Å². The first-order valence-electron chi connectivity index (χ1n) is 1.95. The van der Waals surface area contributed by atoms with Gasteiger partial charge in [0.05, 0.1) is 0 Å². The summed E-state index contributed by atoms with van der Waals surface area (Å²) in [5, 5.41) is 0.363. The number of urea groups is 1. The Morgan fingerprint density at radius 1 is 1.44 bits per heavy atom. The highest BCUT2D eigenvalue weighted by Crippen LogP contribution is 1.63. The maximum atomic E-state index is 9.88. The van der Waals surface area contributed by atoms with E-state index in [-0.39, 0.29) is 12.8 Å². The largest absolute Gasteiger partial charge is 0.350 e. The molecule has 0 unspecified atom stereocenters. The van der Waals surface area contributed by atoms with Gasteiger partial charge in [0, 0.05) is 0 Å². The molecule has 0 saturated carbocycles. The molecule has 4 amide bonds. The molecule has 9 heavy (non-hydrogen) atoms. The van der Waals surface area contributed by atoms with E-state index in [1.165, 1.54) is 0 Å². The first kappa shape index (κ1) is 7.41. The number of amides is 4.